The van der Waals surface area contributed by atoms with Crippen LogP contribution in [-0.4, -0.2) is 64.1 Å². The molecule has 1 aromatic heterocycles. The highest BCUT2D eigenvalue weighted by molar-refractivity contribution is 7.91. The van der Waals surface area contributed by atoms with Crippen molar-refractivity contribution >= 4 is 15.7 Å². The van der Waals surface area contributed by atoms with Crippen LogP contribution >= 0.6 is 0 Å². The van der Waals surface area contributed by atoms with Crippen LogP contribution in [0.15, 0.2) is 33.7 Å². The highest BCUT2D eigenvalue weighted by Gasteiger charge is 2.29. The van der Waals surface area contributed by atoms with Crippen molar-refractivity contribution in [3.63, 3.8) is 0 Å². The van der Waals surface area contributed by atoms with E-state index in [1.54, 1.807) is 14.2 Å². The molecule has 10 nitrogen and oxygen atoms in total. The van der Waals surface area contributed by atoms with E-state index in [9.17, 15) is 18.0 Å². The molecule has 1 aromatic carbocycles. The summed E-state index contributed by atoms with van der Waals surface area (Å²) >= 11 is 0. The van der Waals surface area contributed by atoms with E-state index in [1.165, 1.54) is 17.9 Å². The molecule has 1 amide bonds. The minimum Gasteiger partial charge on any atom is -0.493 e. The zero-order valence-electron chi connectivity index (χ0n) is 19.2. The average Bonchev–Trinajstić information content (AvgIpc) is 3.15. The zero-order valence-corrected chi connectivity index (χ0v) is 20.0. The number of nitrogens with zero attached hydrogens (tertiary/aromatic N) is 1. The second-order valence-corrected chi connectivity index (χ2v) is 10.7. The van der Waals surface area contributed by atoms with Crippen molar-refractivity contribution in [2.24, 2.45) is 0 Å². The maximum atomic E-state index is 12.4. The lowest BCUT2D eigenvalue weighted by Crippen LogP contribution is -2.38. The van der Waals surface area contributed by atoms with Gasteiger partial charge in [0.05, 0.1) is 32.3 Å². The molecule has 34 heavy (non-hydrogen) atoms. The Morgan fingerprint density at radius 1 is 1.15 bits per heavy atom. The SMILES string of the molecule is COc1cc2c(cc1OC)CN(Cc1cc(=O)c(OCC(=O)N[C@@H]3CCS(=O)(=O)C3)co1)CC2. The predicted octanol–water partition coefficient (Wildman–Crippen LogP) is 0.897. The number of methoxy groups -OCH3 is 2. The summed E-state index contributed by atoms with van der Waals surface area (Å²) in [6.07, 6.45) is 2.42. The quantitative estimate of drug-likeness (QED) is 0.572. The van der Waals surface area contributed by atoms with Crippen LogP contribution in [0, 0.1) is 0 Å². The number of carbonyl (C=O) groups excluding carboxylic acids is 1. The Bertz CT molecular complexity index is 1220. The Kier molecular flexibility index (Phi) is 7.13. The van der Waals surface area contributed by atoms with Gasteiger partial charge in [-0.3, -0.25) is 14.5 Å². The summed E-state index contributed by atoms with van der Waals surface area (Å²) in [6.45, 7) is 1.52. The molecule has 184 valence electrons. The Hall–Kier alpha value is -3.05. The molecule has 1 atom stereocenters. The summed E-state index contributed by atoms with van der Waals surface area (Å²) in [6, 6.07) is 4.91. The van der Waals surface area contributed by atoms with Gasteiger partial charge in [0.25, 0.3) is 5.91 Å². The molecule has 2 aliphatic heterocycles. The molecule has 0 unspecified atom stereocenters. The fourth-order valence-corrected chi connectivity index (χ4v) is 5.92. The van der Waals surface area contributed by atoms with Gasteiger partial charge < -0.3 is 23.9 Å². The van der Waals surface area contributed by atoms with Crippen molar-refractivity contribution in [3.05, 3.63) is 51.6 Å². The first-order valence-corrected chi connectivity index (χ1v) is 12.8. The van der Waals surface area contributed by atoms with E-state index in [4.69, 9.17) is 18.6 Å². The van der Waals surface area contributed by atoms with Gasteiger partial charge in [0.1, 0.15) is 12.0 Å². The first kappa shape index (κ1) is 24.1. The van der Waals surface area contributed by atoms with Gasteiger partial charge in [0.15, 0.2) is 27.9 Å². The number of hydrogen-bond donors (Lipinski definition) is 1. The molecule has 0 spiro atoms. The summed E-state index contributed by atoms with van der Waals surface area (Å²) < 4.78 is 44.6. The Balaban J connectivity index is 1.32. The molecule has 2 aromatic rings. The highest BCUT2D eigenvalue weighted by atomic mass is 32.2. The Morgan fingerprint density at radius 3 is 2.53 bits per heavy atom. The molecule has 3 heterocycles. The number of amides is 1. The third-order valence-corrected chi connectivity index (χ3v) is 7.75. The third kappa shape index (κ3) is 5.71. The summed E-state index contributed by atoms with van der Waals surface area (Å²) in [4.78, 5) is 26.6. The standard InChI is InChI=1S/C23H28N2O8S/c1-30-20-7-15-3-5-25(10-16(15)8-21(20)31-2)11-18-9-19(26)22(12-32-18)33-13-23(27)24-17-4-6-34(28,29)14-17/h7-9,12,17H,3-6,10-11,13-14H2,1-2H3,(H,24,27)/t17-/m1/s1. The van der Waals surface area contributed by atoms with Gasteiger partial charge in [0, 0.05) is 25.2 Å². The lowest BCUT2D eigenvalue weighted by molar-refractivity contribution is -0.123. The largest absolute Gasteiger partial charge is 0.493 e. The van der Waals surface area contributed by atoms with E-state index in [0.717, 1.165) is 18.5 Å². The van der Waals surface area contributed by atoms with Crippen molar-refractivity contribution in [2.75, 3.05) is 38.9 Å². The number of nitrogens with one attached hydrogen (secondary N) is 1. The molecular formula is C23H28N2O8S. The molecular weight excluding hydrogens is 464 g/mol. The molecule has 0 aliphatic carbocycles. The van der Waals surface area contributed by atoms with E-state index in [2.05, 4.69) is 10.2 Å². The number of fused-ring (bicyclic) bond motifs is 1. The third-order valence-electron chi connectivity index (χ3n) is 5.99. The van der Waals surface area contributed by atoms with E-state index in [0.29, 0.717) is 36.8 Å². The van der Waals surface area contributed by atoms with Gasteiger partial charge in [0.2, 0.25) is 11.2 Å². The van der Waals surface area contributed by atoms with Crippen molar-refractivity contribution in [2.45, 2.75) is 32.0 Å². The first-order valence-electron chi connectivity index (χ1n) is 11.0. The predicted molar refractivity (Wildman–Crippen MR) is 123 cm³/mol. The topological polar surface area (TPSA) is 124 Å². The Labute approximate surface area is 197 Å². The normalized spacial score (nSPS) is 19.3. The van der Waals surface area contributed by atoms with E-state index < -0.39 is 28.4 Å². The fraction of sp³-hybridized carbons (Fsp3) is 0.478. The van der Waals surface area contributed by atoms with Crippen LogP contribution in [0.1, 0.15) is 23.3 Å². The minimum atomic E-state index is -3.09. The van der Waals surface area contributed by atoms with Crippen LogP contribution in [0.3, 0.4) is 0 Å². The Morgan fingerprint density at radius 2 is 1.88 bits per heavy atom. The molecule has 0 saturated carbocycles. The average molecular weight is 493 g/mol. The van der Waals surface area contributed by atoms with Gasteiger partial charge >= 0.3 is 0 Å². The molecule has 2 aliphatic rings. The monoisotopic (exact) mass is 492 g/mol. The minimum absolute atomic E-state index is 0.0637. The van der Waals surface area contributed by atoms with E-state index in [1.807, 2.05) is 12.1 Å². The second-order valence-electron chi connectivity index (χ2n) is 8.47. The number of benzene rings is 1. The summed E-state index contributed by atoms with van der Waals surface area (Å²) in [5.74, 6) is 1.31. The van der Waals surface area contributed by atoms with E-state index >= 15 is 0 Å². The number of sulfone groups is 1. The maximum Gasteiger partial charge on any atom is 0.258 e. The number of hydrogen-bond acceptors (Lipinski definition) is 9. The van der Waals surface area contributed by atoms with Crippen LogP contribution < -0.4 is 25.0 Å². The van der Waals surface area contributed by atoms with Gasteiger partial charge in [-0.05, 0) is 36.1 Å². The van der Waals surface area contributed by atoms with Crippen molar-refractivity contribution < 1.29 is 31.8 Å². The van der Waals surface area contributed by atoms with Crippen LogP contribution in [0.2, 0.25) is 0 Å². The molecule has 1 fully saturated rings. The van der Waals surface area contributed by atoms with Crippen molar-refractivity contribution in [1.29, 1.82) is 0 Å². The van der Waals surface area contributed by atoms with Crippen LogP contribution in [-0.2, 0) is 34.1 Å². The van der Waals surface area contributed by atoms with E-state index in [-0.39, 0.29) is 22.7 Å². The fourth-order valence-electron chi connectivity index (χ4n) is 4.25. The maximum absolute atomic E-state index is 12.4. The molecule has 0 bridgehead atoms. The van der Waals surface area contributed by atoms with Crippen LogP contribution in [0.25, 0.3) is 0 Å². The second kappa shape index (κ2) is 10.1. The smallest absolute Gasteiger partial charge is 0.258 e. The van der Waals surface area contributed by atoms with Crippen LogP contribution in [0.5, 0.6) is 17.2 Å². The van der Waals surface area contributed by atoms with Gasteiger partial charge in [-0.25, -0.2) is 8.42 Å². The van der Waals surface area contributed by atoms with Gasteiger partial charge in [-0.1, -0.05) is 0 Å². The lowest BCUT2D eigenvalue weighted by Gasteiger charge is -2.29. The zero-order chi connectivity index (χ0) is 24.3. The lowest BCUT2D eigenvalue weighted by atomic mass is 9.98. The molecule has 1 N–H and O–H groups in total. The number of rotatable bonds is 8. The molecule has 1 saturated heterocycles. The first-order chi connectivity index (χ1) is 16.3. The summed E-state index contributed by atoms with van der Waals surface area (Å²) in [5.41, 5.74) is 1.95. The van der Waals surface area contributed by atoms with Crippen LogP contribution in [0.4, 0.5) is 0 Å². The summed E-state index contributed by atoms with van der Waals surface area (Å²) in [5, 5.41) is 2.61. The number of carbonyl (C=O) groups is 1. The number of ether oxygens (including phenoxy) is 3. The van der Waals surface area contributed by atoms with Gasteiger partial charge in [-0.2, -0.15) is 0 Å². The molecule has 4 rings (SSSR count). The van der Waals surface area contributed by atoms with Crippen molar-refractivity contribution in [3.8, 4) is 17.2 Å². The highest BCUT2D eigenvalue weighted by Crippen LogP contribution is 2.33. The molecule has 0 radical (unpaired) electrons. The van der Waals surface area contributed by atoms with Gasteiger partial charge in [-0.15, -0.1) is 0 Å². The summed E-state index contributed by atoms with van der Waals surface area (Å²) in [7, 11) is 0.126. The van der Waals surface area contributed by atoms with Crippen molar-refractivity contribution in [1.82, 2.24) is 10.2 Å². The molecule has 11 heteroatoms.